The van der Waals surface area contributed by atoms with Gasteiger partial charge in [0.1, 0.15) is 11.6 Å². The van der Waals surface area contributed by atoms with Gasteiger partial charge in [-0.05, 0) is 67.6 Å². The molecule has 1 aliphatic heterocycles. The summed E-state index contributed by atoms with van der Waals surface area (Å²) in [6, 6.07) is 16.8. The van der Waals surface area contributed by atoms with E-state index in [1.54, 1.807) is 61.7 Å². The molecule has 1 saturated carbocycles. The standard InChI is InChI=1S/C27H28ClN3O5S/c1-36-24-16-19(9-12-22(24)28)27(13-14-27)26(33)30-25-6-2-5-23(29-25)18-7-10-21(11-8-18)37(34,35)31-15-3-4-20(31)17-32/h2,5-12,16,20,32H,3-4,13-15,17H2,1H3,(H,29,30,33)/t20-/m1/s1. The van der Waals surface area contributed by atoms with Gasteiger partial charge in [0, 0.05) is 18.2 Å². The van der Waals surface area contributed by atoms with Gasteiger partial charge in [0.2, 0.25) is 15.9 Å². The van der Waals surface area contributed by atoms with E-state index in [0.717, 1.165) is 17.5 Å². The highest BCUT2D eigenvalue weighted by molar-refractivity contribution is 7.89. The molecule has 37 heavy (non-hydrogen) atoms. The number of sulfonamides is 1. The molecule has 2 aliphatic rings. The number of hydrogen-bond donors (Lipinski definition) is 2. The normalized spacial score (nSPS) is 18.9. The number of ether oxygens (including phenoxy) is 1. The average Bonchev–Trinajstić information content (AvgIpc) is 3.58. The van der Waals surface area contributed by atoms with E-state index in [0.29, 0.717) is 48.1 Å². The molecule has 0 unspecified atom stereocenters. The molecule has 1 saturated heterocycles. The fraction of sp³-hybridized carbons (Fsp3) is 0.333. The SMILES string of the molecule is COc1cc(C2(C(=O)Nc3cccc(-c4ccc(S(=O)(=O)N5CCC[C@@H]5CO)cc4)n3)CC2)ccc1Cl. The van der Waals surface area contributed by atoms with Gasteiger partial charge in [-0.3, -0.25) is 4.79 Å². The van der Waals surface area contributed by atoms with Crippen LogP contribution in [0, 0.1) is 0 Å². The zero-order chi connectivity index (χ0) is 26.2. The molecule has 3 aromatic rings. The molecule has 2 aromatic carbocycles. The number of nitrogens with zero attached hydrogens (tertiary/aromatic N) is 2. The minimum Gasteiger partial charge on any atom is -0.495 e. The first-order valence-electron chi connectivity index (χ1n) is 12.1. The van der Waals surface area contributed by atoms with Crippen molar-refractivity contribution in [3.05, 3.63) is 71.2 Å². The zero-order valence-electron chi connectivity index (χ0n) is 20.4. The lowest BCUT2D eigenvalue weighted by Crippen LogP contribution is -2.37. The maximum Gasteiger partial charge on any atom is 0.243 e. The first-order valence-corrected chi connectivity index (χ1v) is 14.0. The van der Waals surface area contributed by atoms with Crippen LogP contribution >= 0.6 is 11.6 Å². The number of aromatic nitrogens is 1. The lowest BCUT2D eigenvalue weighted by molar-refractivity contribution is -0.118. The topological polar surface area (TPSA) is 109 Å². The quantitative estimate of drug-likeness (QED) is 0.442. The third-order valence-corrected chi connectivity index (χ3v) is 9.45. The minimum absolute atomic E-state index is 0.146. The molecule has 194 valence electrons. The Morgan fingerprint density at radius 1 is 1.19 bits per heavy atom. The van der Waals surface area contributed by atoms with E-state index < -0.39 is 15.4 Å². The van der Waals surface area contributed by atoms with Crippen LogP contribution in [0.4, 0.5) is 5.82 Å². The molecule has 0 radical (unpaired) electrons. The number of rotatable bonds is 8. The lowest BCUT2D eigenvalue weighted by Gasteiger charge is -2.22. The summed E-state index contributed by atoms with van der Waals surface area (Å²) in [6.07, 6.45) is 2.82. The monoisotopic (exact) mass is 541 g/mol. The van der Waals surface area contributed by atoms with Gasteiger partial charge in [-0.25, -0.2) is 13.4 Å². The Kier molecular flexibility index (Phi) is 6.97. The van der Waals surface area contributed by atoms with Crippen molar-refractivity contribution in [3.8, 4) is 17.0 Å². The summed E-state index contributed by atoms with van der Waals surface area (Å²) >= 11 is 6.15. The van der Waals surface area contributed by atoms with Crippen molar-refractivity contribution in [1.29, 1.82) is 0 Å². The number of aliphatic hydroxyl groups excluding tert-OH is 1. The molecule has 1 aliphatic carbocycles. The molecule has 2 heterocycles. The molecule has 0 spiro atoms. The Balaban J connectivity index is 1.33. The van der Waals surface area contributed by atoms with Crippen molar-refractivity contribution < 1.29 is 23.1 Å². The van der Waals surface area contributed by atoms with Gasteiger partial charge in [0.25, 0.3) is 0 Å². The summed E-state index contributed by atoms with van der Waals surface area (Å²) in [6.45, 7) is 0.218. The van der Waals surface area contributed by atoms with Gasteiger partial charge in [-0.15, -0.1) is 0 Å². The highest BCUT2D eigenvalue weighted by Gasteiger charge is 2.51. The van der Waals surface area contributed by atoms with Crippen molar-refractivity contribution >= 4 is 33.3 Å². The molecular formula is C27H28ClN3O5S. The van der Waals surface area contributed by atoms with Gasteiger partial charge >= 0.3 is 0 Å². The van der Waals surface area contributed by atoms with Gasteiger partial charge < -0.3 is 15.2 Å². The summed E-state index contributed by atoms with van der Waals surface area (Å²) < 4.78 is 32.8. The van der Waals surface area contributed by atoms with Crippen molar-refractivity contribution in [1.82, 2.24) is 9.29 Å². The number of hydrogen-bond acceptors (Lipinski definition) is 6. The van der Waals surface area contributed by atoms with E-state index in [-0.39, 0.29) is 23.5 Å². The third kappa shape index (κ3) is 4.84. The molecule has 1 atom stereocenters. The summed E-state index contributed by atoms with van der Waals surface area (Å²) in [4.78, 5) is 18.0. The van der Waals surface area contributed by atoms with Crippen molar-refractivity contribution in [2.75, 3.05) is 25.6 Å². The van der Waals surface area contributed by atoms with E-state index >= 15 is 0 Å². The number of amides is 1. The highest BCUT2D eigenvalue weighted by Crippen LogP contribution is 2.50. The second-order valence-corrected chi connectivity index (χ2v) is 11.7. The Morgan fingerprint density at radius 2 is 1.95 bits per heavy atom. The fourth-order valence-electron chi connectivity index (χ4n) is 4.87. The van der Waals surface area contributed by atoms with Crippen LogP contribution in [0.3, 0.4) is 0 Å². The number of carbonyl (C=O) groups is 1. The molecule has 5 rings (SSSR count). The van der Waals surface area contributed by atoms with E-state index in [4.69, 9.17) is 16.3 Å². The van der Waals surface area contributed by atoms with E-state index in [1.165, 1.54) is 4.31 Å². The molecule has 2 fully saturated rings. The van der Waals surface area contributed by atoms with Crippen molar-refractivity contribution in [2.24, 2.45) is 0 Å². The predicted molar refractivity (Wildman–Crippen MR) is 141 cm³/mol. The average molecular weight is 542 g/mol. The number of carbonyl (C=O) groups excluding carboxylic acids is 1. The summed E-state index contributed by atoms with van der Waals surface area (Å²) in [7, 11) is -2.15. The van der Waals surface area contributed by atoms with Gasteiger partial charge in [-0.1, -0.05) is 35.9 Å². The zero-order valence-corrected chi connectivity index (χ0v) is 21.9. The van der Waals surface area contributed by atoms with Crippen LogP contribution in [0.5, 0.6) is 5.75 Å². The lowest BCUT2D eigenvalue weighted by atomic mass is 9.94. The number of benzene rings is 2. The van der Waals surface area contributed by atoms with Crippen LogP contribution in [-0.2, 0) is 20.2 Å². The smallest absolute Gasteiger partial charge is 0.243 e. The third-order valence-electron chi connectivity index (χ3n) is 7.17. The van der Waals surface area contributed by atoms with E-state index in [9.17, 15) is 18.3 Å². The van der Waals surface area contributed by atoms with Crippen LogP contribution in [-0.4, -0.2) is 55.0 Å². The van der Waals surface area contributed by atoms with Gasteiger partial charge in [0.15, 0.2) is 0 Å². The maximum atomic E-state index is 13.2. The molecule has 10 heteroatoms. The Hall–Kier alpha value is -2.98. The second-order valence-electron chi connectivity index (χ2n) is 9.41. The number of anilines is 1. The van der Waals surface area contributed by atoms with Crippen molar-refractivity contribution in [3.63, 3.8) is 0 Å². The van der Waals surface area contributed by atoms with Crippen LogP contribution in [0.15, 0.2) is 65.6 Å². The van der Waals surface area contributed by atoms with Gasteiger partial charge in [0.05, 0.1) is 34.7 Å². The number of pyridine rings is 1. The Morgan fingerprint density at radius 3 is 2.62 bits per heavy atom. The van der Waals surface area contributed by atoms with Crippen molar-refractivity contribution in [2.45, 2.75) is 42.0 Å². The van der Waals surface area contributed by atoms with Crippen LogP contribution in [0.1, 0.15) is 31.2 Å². The van der Waals surface area contributed by atoms with Crippen LogP contribution in [0.25, 0.3) is 11.3 Å². The first kappa shape index (κ1) is 25.7. The second kappa shape index (κ2) is 10.1. The van der Waals surface area contributed by atoms with Crippen LogP contribution in [0.2, 0.25) is 5.02 Å². The number of halogens is 1. The van der Waals surface area contributed by atoms with E-state index in [2.05, 4.69) is 10.3 Å². The largest absolute Gasteiger partial charge is 0.495 e. The first-order chi connectivity index (χ1) is 17.8. The molecular weight excluding hydrogens is 514 g/mol. The Bertz CT molecular complexity index is 1420. The molecule has 1 amide bonds. The highest BCUT2D eigenvalue weighted by atomic mass is 35.5. The molecule has 0 bridgehead atoms. The summed E-state index contributed by atoms with van der Waals surface area (Å²) in [5.74, 6) is 0.793. The molecule has 2 N–H and O–H groups in total. The Labute approximate surface area is 221 Å². The van der Waals surface area contributed by atoms with Crippen LogP contribution < -0.4 is 10.1 Å². The molecule has 8 nitrogen and oxygen atoms in total. The summed E-state index contributed by atoms with van der Waals surface area (Å²) in [5.41, 5.74) is 1.53. The maximum absolute atomic E-state index is 13.2. The predicted octanol–water partition coefficient (Wildman–Crippen LogP) is 4.23. The molecule has 1 aromatic heterocycles. The van der Waals surface area contributed by atoms with Gasteiger partial charge in [-0.2, -0.15) is 4.31 Å². The van der Waals surface area contributed by atoms with E-state index in [1.807, 2.05) is 6.07 Å². The minimum atomic E-state index is -3.69. The fourth-order valence-corrected chi connectivity index (χ4v) is 6.75. The number of aliphatic hydroxyl groups is 1. The number of nitrogens with one attached hydrogen (secondary N) is 1. The summed E-state index contributed by atoms with van der Waals surface area (Å²) in [5, 5.41) is 13.0. The number of methoxy groups -OCH3 is 1.